The first-order valence-electron chi connectivity index (χ1n) is 7.59. The smallest absolute Gasteiger partial charge is 0.269 e. The first kappa shape index (κ1) is 14.2. The molecule has 0 fully saturated rings. The van der Waals surface area contributed by atoms with Crippen molar-refractivity contribution in [1.82, 2.24) is 0 Å². The van der Waals surface area contributed by atoms with Gasteiger partial charge in [0.15, 0.2) is 0 Å². The Labute approximate surface area is 138 Å². The summed E-state index contributed by atoms with van der Waals surface area (Å²) in [5, 5.41) is 15.3. The summed E-state index contributed by atoms with van der Waals surface area (Å²) in [4.78, 5) is 10.5. The third-order valence-electron chi connectivity index (χ3n) is 4.29. The van der Waals surface area contributed by atoms with Crippen molar-refractivity contribution < 1.29 is 4.92 Å². The number of nitrogens with two attached hydrogens (primary N) is 1. The molecule has 0 aliphatic rings. The summed E-state index contributed by atoms with van der Waals surface area (Å²) >= 11 is 0. The molecule has 0 radical (unpaired) electrons. The van der Waals surface area contributed by atoms with Crippen molar-refractivity contribution in [2.24, 2.45) is 0 Å². The van der Waals surface area contributed by atoms with E-state index in [2.05, 4.69) is 24.3 Å². The maximum atomic E-state index is 10.9. The minimum absolute atomic E-state index is 0.0722. The van der Waals surface area contributed by atoms with Crippen molar-refractivity contribution in [2.45, 2.75) is 0 Å². The molecule has 0 atom stereocenters. The molecule has 4 aromatic rings. The zero-order valence-corrected chi connectivity index (χ0v) is 12.8. The largest absolute Gasteiger partial charge is 0.398 e. The van der Waals surface area contributed by atoms with Gasteiger partial charge >= 0.3 is 0 Å². The molecule has 116 valence electrons. The molecule has 24 heavy (non-hydrogen) atoms. The van der Waals surface area contributed by atoms with Gasteiger partial charge in [-0.05, 0) is 57.4 Å². The van der Waals surface area contributed by atoms with Gasteiger partial charge in [0, 0.05) is 23.4 Å². The fourth-order valence-corrected chi connectivity index (χ4v) is 3.10. The standard InChI is InChI=1S/C20H14N2O2/c21-19-10-7-16-11-14-3-1-2-4-15(14)12-18(16)20(19)13-5-8-17(9-6-13)22(23)24/h1-12H,21H2. The quantitative estimate of drug-likeness (QED) is 0.241. The summed E-state index contributed by atoms with van der Waals surface area (Å²) in [6, 6.07) is 22.8. The Morgan fingerprint density at radius 3 is 2.12 bits per heavy atom. The zero-order chi connectivity index (χ0) is 16.7. The highest BCUT2D eigenvalue weighted by Gasteiger charge is 2.11. The van der Waals surface area contributed by atoms with Crippen LogP contribution in [0.3, 0.4) is 0 Å². The molecule has 4 rings (SSSR count). The number of hydrogen-bond acceptors (Lipinski definition) is 3. The number of non-ortho nitro benzene ring substituents is 1. The normalized spacial score (nSPS) is 11.0. The summed E-state index contributed by atoms with van der Waals surface area (Å²) in [6.45, 7) is 0. The first-order chi connectivity index (χ1) is 11.6. The number of anilines is 1. The Hall–Kier alpha value is -3.40. The Morgan fingerprint density at radius 1 is 0.792 bits per heavy atom. The van der Waals surface area contributed by atoms with E-state index < -0.39 is 4.92 Å². The van der Waals surface area contributed by atoms with Crippen LogP contribution < -0.4 is 5.73 Å². The molecular weight excluding hydrogens is 300 g/mol. The van der Waals surface area contributed by atoms with Gasteiger partial charge in [0.2, 0.25) is 0 Å². The summed E-state index contributed by atoms with van der Waals surface area (Å²) in [5.74, 6) is 0. The van der Waals surface area contributed by atoms with E-state index in [0.717, 1.165) is 27.3 Å². The Morgan fingerprint density at radius 2 is 1.46 bits per heavy atom. The Kier molecular flexibility index (Phi) is 3.17. The third-order valence-corrected chi connectivity index (χ3v) is 4.29. The number of hydrogen-bond donors (Lipinski definition) is 1. The van der Waals surface area contributed by atoms with Crippen molar-refractivity contribution in [3.8, 4) is 11.1 Å². The first-order valence-corrected chi connectivity index (χ1v) is 7.59. The summed E-state index contributed by atoms with van der Waals surface area (Å²) in [7, 11) is 0. The van der Waals surface area contributed by atoms with Gasteiger partial charge in [0.1, 0.15) is 0 Å². The van der Waals surface area contributed by atoms with E-state index in [4.69, 9.17) is 5.73 Å². The predicted octanol–water partition coefficient (Wildman–Crippen LogP) is 5.15. The highest BCUT2D eigenvalue weighted by atomic mass is 16.6. The Bertz CT molecular complexity index is 1090. The number of nitrogen functional groups attached to an aromatic ring is 1. The van der Waals surface area contributed by atoms with Crippen LogP contribution in [-0.2, 0) is 0 Å². The molecule has 0 aromatic heterocycles. The van der Waals surface area contributed by atoms with Crippen molar-refractivity contribution in [2.75, 3.05) is 5.73 Å². The maximum Gasteiger partial charge on any atom is 0.269 e. The minimum atomic E-state index is -0.399. The van der Waals surface area contributed by atoms with Crippen LogP contribution >= 0.6 is 0 Å². The molecule has 4 heteroatoms. The topological polar surface area (TPSA) is 69.2 Å². The van der Waals surface area contributed by atoms with E-state index in [1.54, 1.807) is 12.1 Å². The van der Waals surface area contributed by atoms with Gasteiger partial charge in [-0.1, -0.05) is 30.3 Å². The Balaban J connectivity index is 2.00. The second-order valence-electron chi connectivity index (χ2n) is 5.75. The van der Waals surface area contributed by atoms with E-state index >= 15 is 0 Å². The van der Waals surface area contributed by atoms with Crippen molar-refractivity contribution in [3.63, 3.8) is 0 Å². The van der Waals surface area contributed by atoms with Crippen molar-refractivity contribution in [1.29, 1.82) is 0 Å². The molecule has 0 bridgehead atoms. The van der Waals surface area contributed by atoms with Crippen LogP contribution in [0.4, 0.5) is 11.4 Å². The highest BCUT2D eigenvalue weighted by Crippen LogP contribution is 2.36. The third kappa shape index (κ3) is 2.25. The van der Waals surface area contributed by atoms with E-state index in [9.17, 15) is 10.1 Å². The van der Waals surface area contributed by atoms with Gasteiger partial charge in [-0.25, -0.2) is 0 Å². The van der Waals surface area contributed by atoms with Crippen LogP contribution in [0.1, 0.15) is 0 Å². The molecule has 4 aromatic carbocycles. The second kappa shape index (κ2) is 5.35. The van der Waals surface area contributed by atoms with E-state index in [0.29, 0.717) is 5.69 Å². The van der Waals surface area contributed by atoms with Crippen LogP contribution in [0.25, 0.3) is 32.7 Å². The molecule has 0 saturated heterocycles. The highest BCUT2D eigenvalue weighted by molar-refractivity contribution is 6.08. The average molecular weight is 314 g/mol. The number of rotatable bonds is 2. The SMILES string of the molecule is Nc1ccc2cc3ccccc3cc2c1-c1ccc([N+](=O)[O-])cc1. The van der Waals surface area contributed by atoms with Gasteiger partial charge in [0.05, 0.1) is 4.92 Å². The minimum Gasteiger partial charge on any atom is -0.398 e. The number of fused-ring (bicyclic) bond motifs is 2. The van der Waals surface area contributed by atoms with Crippen LogP contribution in [0.5, 0.6) is 0 Å². The number of benzene rings is 4. The van der Waals surface area contributed by atoms with E-state index in [1.807, 2.05) is 24.3 Å². The van der Waals surface area contributed by atoms with Gasteiger partial charge < -0.3 is 5.73 Å². The molecule has 4 nitrogen and oxygen atoms in total. The van der Waals surface area contributed by atoms with E-state index in [1.165, 1.54) is 17.5 Å². The van der Waals surface area contributed by atoms with Crippen LogP contribution in [-0.4, -0.2) is 4.92 Å². The molecule has 0 heterocycles. The number of nitro groups is 1. The van der Waals surface area contributed by atoms with Gasteiger partial charge in [-0.15, -0.1) is 0 Å². The lowest BCUT2D eigenvalue weighted by atomic mass is 9.94. The zero-order valence-electron chi connectivity index (χ0n) is 12.8. The molecular formula is C20H14N2O2. The predicted molar refractivity (Wildman–Crippen MR) is 98.0 cm³/mol. The molecule has 0 aliphatic carbocycles. The molecule has 2 N–H and O–H groups in total. The van der Waals surface area contributed by atoms with Gasteiger partial charge in [-0.3, -0.25) is 10.1 Å². The molecule has 0 saturated carbocycles. The lowest BCUT2D eigenvalue weighted by Gasteiger charge is -2.12. The maximum absolute atomic E-state index is 10.9. The van der Waals surface area contributed by atoms with E-state index in [-0.39, 0.29) is 5.69 Å². The summed E-state index contributed by atoms with van der Waals surface area (Å²) in [6.07, 6.45) is 0. The van der Waals surface area contributed by atoms with Crippen LogP contribution in [0.2, 0.25) is 0 Å². The summed E-state index contributed by atoms with van der Waals surface area (Å²) < 4.78 is 0. The van der Waals surface area contributed by atoms with Gasteiger partial charge in [0.25, 0.3) is 5.69 Å². The van der Waals surface area contributed by atoms with Crippen molar-refractivity contribution >= 4 is 32.9 Å². The molecule has 0 aliphatic heterocycles. The monoisotopic (exact) mass is 314 g/mol. The van der Waals surface area contributed by atoms with Crippen LogP contribution in [0, 0.1) is 10.1 Å². The van der Waals surface area contributed by atoms with Gasteiger partial charge in [-0.2, -0.15) is 0 Å². The number of nitro benzene ring substituents is 1. The lowest BCUT2D eigenvalue weighted by molar-refractivity contribution is -0.384. The molecule has 0 unspecified atom stereocenters. The molecule has 0 amide bonds. The second-order valence-corrected chi connectivity index (χ2v) is 5.75. The van der Waals surface area contributed by atoms with Crippen LogP contribution in [0.15, 0.2) is 72.8 Å². The molecule has 0 spiro atoms. The average Bonchev–Trinajstić information content (AvgIpc) is 2.60. The fraction of sp³-hybridized carbons (Fsp3) is 0. The fourth-order valence-electron chi connectivity index (χ4n) is 3.10. The summed E-state index contributed by atoms with van der Waals surface area (Å²) in [5.41, 5.74) is 8.74. The van der Waals surface area contributed by atoms with Crippen molar-refractivity contribution in [3.05, 3.63) is 82.9 Å². The number of nitrogens with zero attached hydrogens (tertiary/aromatic N) is 1. The lowest BCUT2D eigenvalue weighted by Crippen LogP contribution is -1.93.